The van der Waals surface area contributed by atoms with Crippen LogP contribution in [0.2, 0.25) is 5.02 Å². The number of carbonyl (C=O) groups excluding carboxylic acids is 1. The van der Waals surface area contributed by atoms with Gasteiger partial charge in [-0.1, -0.05) is 29.8 Å². The van der Waals surface area contributed by atoms with Crippen LogP contribution in [-0.4, -0.2) is 45.2 Å². The van der Waals surface area contributed by atoms with Gasteiger partial charge in [-0.25, -0.2) is 0 Å². The third kappa shape index (κ3) is 4.18. The zero-order valence-electron chi connectivity index (χ0n) is 13.4. The highest BCUT2D eigenvalue weighted by molar-refractivity contribution is 6.31. The minimum atomic E-state index is -1.46. The molecule has 1 aliphatic rings. The van der Waals surface area contributed by atoms with Crippen molar-refractivity contribution in [2.24, 2.45) is 0 Å². The van der Waals surface area contributed by atoms with E-state index in [-0.39, 0.29) is 24.3 Å². The molecule has 0 spiro atoms. The molecule has 2 rings (SSSR count). The van der Waals surface area contributed by atoms with Gasteiger partial charge in [-0.2, -0.15) is 0 Å². The Morgan fingerprint density at radius 1 is 1.32 bits per heavy atom. The average molecular weight is 370 g/mol. The zero-order chi connectivity index (χ0) is 18.6. The number of Topliss-reactive ketones (excluding diaryl/α,β-unsaturated/α-hetero) is 1. The molecule has 0 aromatic heterocycles. The van der Waals surface area contributed by atoms with Crippen LogP contribution in [0.4, 0.5) is 0 Å². The molecular weight excluding hydrogens is 350 g/mol. The van der Waals surface area contributed by atoms with E-state index in [1.165, 1.54) is 0 Å². The largest absolute Gasteiger partial charge is 0.481 e. The first-order chi connectivity index (χ1) is 11.8. The van der Waals surface area contributed by atoms with Gasteiger partial charge in [0.25, 0.3) is 0 Å². The number of aliphatic hydroxyl groups is 1. The van der Waals surface area contributed by atoms with Crippen LogP contribution in [0.25, 0.3) is 0 Å². The molecule has 1 aromatic carbocycles. The van der Waals surface area contributed by atoms with Gasteiger partial charge in [-0.3, -0.25) is 19.7 Å². The Morgan fingerprint density at radius 2 is 2.00 bits per heavy atom. The summed E-state index contributed by atoms with van der Waals surface area (Å²) < 4.78 is 0. The smallest absolute Gasteiger partial charge is 0.320 e. The van der Waals surface area contributed by atoms with Crippen molar-refractivity contribution in [3.05, 3.63) is 34.9 Å². The second-order valence-corrected chi connectivity index (χ2v) is 6.53. The van der Waals surface area contributed by atoms with E-state index >= 15 is 0 Å². The molecule has 0 aliphatic heterocycles. The molecule has 8 heteroatoms. The molecule has 0 bridgehead atoms. The molecule has 0 radical (unpaired) electrons. The lowest BCUT2D eigenvalue weighted by Crippen LogP contribution is -2.60. The Morgan fingerprint density at radius 3 is 2.60 bits per heavy atom. The second-order valence-electron chi connectivity index (χ2n) is 6.13. The molecule has 0 unspecified atom stereocenters. The summed E-state index contributed by atoms with van der Waals surface area (Å²) in [5.74, 6) is -2.94. The summed E-state index contributed by atoms with van der Waals surface area (Å²) in [4.78, 5) is 35.2. The van der Waals surface area contributed by atoms with E-state index in [4.69, 9.17) is 16.7 Å². The van der Waals surface area contributed by atoms with E-state index in [0.717, 1.165) is 0 Å². The highest BCUT2D eigenvalue weighted by atomic mass is 35.5. The molecule has 136 valence electrons. The van der Waals surface area contributed by atoms with Crippen LogP contribution in [-0.2, 0) is 19.9 Å². The second kappa shape index (κ2) is 7.95. The first kappa shape index (κ1) is 19.4. The molecule has 1 aromatic rings. The molecule has 7 nitrogen and oxygen atoms in total. The molecule has 0 amide bonds. The number of aliphatic hydroxyl groups excluding tert-OH is 1. The minimum Gasteiger partial charge on any atom is -0.481 e. The summed E-state index contributed by atoms with van der Waals surface area (Å²) in [5, 5.41) is 31.4. The van der Waals surface area contributed by atoms with Crippen LogP contribution in [0.5, 0.6) is 0 Å². The summed E-state index contributed by atoms with van der Waals surface area (Å²) in [5.41, 5.74) is -1.07. The molecule has 0 heterocycles. The van der Waals surface area contributed by atoms with Gasteiger partial charge in [-0.05, 0) is 37.3 Å². The fraction of sp³-hybridized carbons (Fsp3) is 0.471. The van der Waals surface area contributed by atoms with Crippen molar-refractivity contribution >= 4 is 29.3 Å². The molecule has 1 aliphatic carbocycles. The van der Waals surface area contributed by atoms with E-state index in [9.17, 15) is 24.6 Å². The number of rotatable bonds is 7. The van der Waals surface area contributed by atoms with Crippen LogP contribution >= 0.6 is 11.6 Å². The maximum atomic E-state index is 12.8. The van der Waals surface area contributed by atoms with Gasteiger partial charge in [0.2, 0.25) is 0 Å². The van der Waals surface area contributed by atoms with E-state index in [2.05, 4.69) is 5.32 Å². The molecule has 3 atom stereocenters. The highest BCUT2D eigenvalue weighted by Gasteiger charge is 2.48. The van der Waals surface area contributed by atoms with Gasteiger partial charge in [0.1, 0.15) is 17.7 Å². The molecule has 4 N–H and O–H groups in total. The number of carbonyl (C=O) groups is 3. The number of hydrogen-bond acceptors (Lipinski definition) is 5. The normalized spacial score (nSPS) is 24.7. The van der Waals surface area contributed by atoms with Crippen molar-refractivity contribution in [3.63, 3.8) is 0 Å². The maximum absolute atomic E-state index is 12.8. The Bertz CT molecular complexity index is 679. The van der Waals surface area contributed by atoms with Crippen molar-refractivity contribution in [2.45, 2.75) is 49.8 Å². The third-order valence-corrected chi connectivity index (χ3v) is 4.78. The predicted octanol–water partition coefficient (Wildman–Crippen LogP) is 1.56. The van der Waals surface area contributed by atoms with Crippen molar-refractivity contribution in [3.8, 4) is 0 Å². The number of carboxylic acids is 2. The lowest BCUT2D eigenvalue weighted by atomic mass is 9.73. The van der Waals surface area contributed by atoms with Gasteiger partial charge in [0.15, 0.2) is 5.78 Å². The van der Waals surface area contributed by atoms with Crippen LogP contribution in [0, 0.1) is 0 Å². The van der Waals surface area contributed by atoms with Crippen molar-refractivity contribution in [2.75, 3.05) is 0 Å². The Kier molecular flexibility index (Phi) is 6.16. The fourth-order valence-corrected chi connectivity index (χ4v) is 3.51. The lowest BCUT2D eigenvalue weighted by molar-refractivity contribution is -0.144. The Hall–Kier alpha value is -1.96. The van der Waals surface area contributed by atoms with Crippen LogP contribution in [0.15, 0.2) is 24.3 Å². The number of hydrogen-bond donors (Lipinski definition) is 4. The Balaban J connectivity index is 2.44. The van der Waals surface area contributed by atoms with Crippen molar-refractivity contribution in [1.29, 1.82) is 0 Å². The SMILES string of the molecule is O=C(O)CC[C@H](N[C@@]1(c2ccccc2Cl)CCC[C@@H](O)C1=O)C(=O)O. The van der Waals surface area contributed by atoms with E-state index in [1.807, 2.05) is 0 Å². The molecular formula is C17H20ClNO6. The fourth-order valence-electron chi connectivity index (χ4n) is 3.22. The summed E-state index contributed by atoms with van der Waals surface area (Å²) in [7, 11) is 0. The molecule has 25 heavy (non-hydrogen) atoms. The lowest BCUT2D eigenvalue weighted by Gasteiger charge is -2.41. The number of nitrogens with one attached hydrogen (secondary N) is 1. The van der Waals surface area contributed by atoms with Crippen molar-refractivity contribution in [1.82, 2.24) is 5.32 Å². The van der Waals surface area contributed by atoms with Crippen LogP contribution in [0.3, 0.4) is 0 Å². The topological polar surface area (TPSA) is 124 Å². The van der Waals surface area contributed by atoms with Gasteiger partial charge in [-0.15, -0.1) is 0 Å². The van der Waals surface area contributed by atoms with Gasteiger partial charge < -0.3 is 15.3 Å². The standard InChI is InChI=1S/C17H20ClNO6/c18-11-5-2-1-4-10(11)17(9-3-6-13(20)15(17)23)19-12(16(24)25)7-8-14(21)22/h1-2,4-5,12-13,19-20H,3,6-9H2,(H,21,22)(H,24,25)/t12-,13+,17+/m0/s1. The average Bonchev–Trinajstić information content (AvgIpc) is 2.55. The number of halogens is 1. The van der Waals surface area contributed by atoms with Gasteiger partial charge >= 0.3 is 11.9 Å². The third-order valence-electron chi connectivity index (χ3n) is 4.45. The summed E-state index contributed by atoms with van der Waals surface area (Å²) >= 11 is 6.24. The number of aliphatic carboxylic acids is 2. The quantitative estimate of drug-likeness (QED) is 0.574. The van der Waals surface area contributed by atoms with E-state index in [0.29, 0.717) is 18.4 Å². The monoisotopic (exact) mass is 369 g/mol. The van der Waals surface area contributed by atoms with Gasteiger partial charge in [0, 0.05) is 11.4 Å². The Labute approximate surface area is 149 Å². The number of benzene rings is 1. The highest BCUT2D eigenvalue weighted by Crippen LogP contribution is 2.38. The van der Waals surface area contributed by atoms with E-state index < -0.39 is 35.4 Å². The minimum absolute atomic E-state index is 0.194. The van der Waals surface area contributed by atoms with Crippen molar-refractivity contribution < 1.29 is 29.7 Å². The van der Waals surface area contributed by atoms with E-state index in [1.54, 1.807) is 24.3 Å². The van der Waals surface area contributed by atoms with Crippen LogP contribution < -0.4 is 5.32 Å². The first-order valence-electron chi connectivity index (χ1n) is 7.97. The molecule has 1 fully saturated rings. The summed E-state index contributed by atoms with van der Waals surface area (Å²) in [6.07, 6.45) is -0.731. The first-order valence-corrected chi connectivity index (χ1v) is 8.35. The van der Waals surface area contributed by atoms with Gasteiger partial charge in [0.05, 0.1) is 0 Å². The maximum Gasteiger partial charge on any atom is 0.320 e. The van der Waals surface area contributed by atoms with Crippen LogP contribution in [0.1, 0.15) is 37.7 Å². The number of carboxylic acid groups (broad SMARTS) is 2. The molecule has 0 saturated heterocycles. The zero-order valence-corrected chi connectivity index (χ0v) is 14.2. The summed E-state index contributed by atoms with van der Waals surface area (Å²) in [6.45, 7) is 0. The number of ketones is 1. The predicted molar refractivity (Wildman–Crippen MR) is 89.4 cm³/mol. The summed E-state index contributed by atoms with van der Waals surface area (Å²) in [6, 6.07) is 5.29. The molecule has 1 saturated carbocycles.